The Morgan fingerprint density at radius 2 is 1.96 bits per heavy atom. The molecule has 5 nitrogen and oxygen atoms in total. The first-order valence-corrected chi connectivity index (χ1v) is 7.99. The van der Waals surface area contributed by atoms with Crippen LogP contribution in [0.3, 0.4) is 0 Å². The maximum atomic E-state index is 13.5. The van der Waals surface area contributed by atoms with Gasteiger partial charge in [-0.2, -0.15) is 18.3 Å². The van der Waals surface area contributed by atoms with Gasteiger partial charge in [-0.25, -0.2) is 4.68 Å². The average Bonchev–Trinajstić information content (AvgIpc) is 3.09. The summed E-state index contributed by atoms with van der Waals surface area (Å²) in [5.74, 6) is 0.621. The quantitative estimate of drug-likeness (QED) is 0.925. The van der Waals surface area contributed by atoms with Gasteiger partial charge in [0, 0.05) is 25.8 Å². The fourth-order valence-corrected chi connectivity index (χ4v) is 2.90. The van der Waals surface area contributed by atoms with Crippen molar-refractivity contribution in [1.82, 2.24) is 20.0 Å². The van der Waals surface area contributed by atoms with E-state index in [1.807, 2.05) is 31.9 Å². The van der Waals surface area contributed by atoms with Crippen LogP contribution in [0.2, 0.25) is 0 Å². The molecule has 1 aromatic carbocycles. The molecule has 1 aliphatic heterocycles. The Kier molecular flexibility index (Phi) is 4.45. The molecule has 0 aliphatic carbocycles. The molecule has 0 bridgehead atoms. The molecular formula is C17H20F3N5. The number of rotatable bonds is 3. The van der Waals surface area contributed by atoms with Crippen molar-refractivity contribution in [2.75, 3.05) is 20.1 Å². The van der Waals surface area contributed by atoms with Gasteiger partial charge in [-0.3, -0.25) is 4.99 Å². The van der Waals surface area contributed by atoms with Gasteiger partial charge in [0.05, 0.1) is 23.5 Å². The Hall–Kier alpha value is -2.51. The largest absolute Gasteiger partial charge is 0.416 e. The lowest BCUT2D eigenvalue weighted by atomic mass is 10.1. The van der Waals surface area contributed by atoms with Gasteiger partial charge in [-0.1, -0.05) is 6.07 Å². The number of likely N-dealkylation sites (N-methyl/N-ethyl adjacent to an activating group) is 1. The highest BCUT2D eigenvalue weighted by atomic mass is 19.4. The zero-order chi connectivity index (χ0) is 18.2. The predicted molar refractivity (Wildman–Crippen MR) is 89.8 cm³/mol. The molecule has 0 atom stereocenters. The molecule has 0 fully saturated rings. The number of halogens is 3. The van der Waals surface area contributed by atoms with Crippen molar-refractivity contribution in [2.45, 2.75) is 26.6 Å². The van der Waals surface area contributed by atoms with Crippen LogP contribution in [-0.2, 0) is 12.7 Å². The minimum absolute atomic E-state index is 0.0649. The molecule has 3 rings (SSSR count). The Morgan fingerprint density at radius 1 is 1.20 bits per heavy atom. The summed E-state index contributed by atoms with van der Waals surface area (Å²) in [4.78, 5) is 6.13. The topological polar surface area (TPSA) is 45.5 Å². The summed E-state index contributed by atoms with van der Waals surface area (Å²) >= 11 is 0. The average molecular weight is 351 g/mol. The normalized spacial score (nSPS) is 14.8. The van der Waals surface area contributed by atoms with Gasteiger partial charge in [0.25, 0.3) is 0 Å². The summed E-state index contributed by atoms with van der Waals surface area (Å²) in [6, 6.07) is 6.14. The fourth-order valence-electron chi connectivity index (χ4n) is 2.90. The van der Waals surface area contributed by atoms with Crippen LogP contribution >= 0.6 is 0 Å². The molecular weight excluding hydrogens is 331 g/mol. The number of alkyl halides is 3. The third kappa shape index (κ3) is 3.62. The Morgan fingerprint density at radius 3 is 2.52 bits per heavy atom. The number of nitrogens with one attached hydrogen (secondary N) is 1. The summed E-state index contributed by atoms with van der Waals surface area (Å²) in [5.41, 5.74) is 1.47. The minimum atomic E-state index is -4.44. The van der Waals surface area contributed by atoms with Crippen molar-refractivity contribution in [3.63, 3.8) is 0 Å². The van der Waals surface area contributed by atoms with Crippen LogP contribution in [0.25, 0.3) is 5.69 Å². The number of aryl methyl sites for hydroxylation is 2. The van der Waals surface area contributed by atoms with Crippen molar-refractivity contribution < 1.29 is 13.2 Å². The van der Waals surface area contributed by atoms with E-state index in [4.69, 9.17) is 0 Å². The third-order valence-electron chi connectivity index (χ3n) is 4.15. The van der Waals surface area contributed by atoms with E-state index in [1.54, 1.807) is 6.07 Å². The van der Waals surface area contributed by atoms with E-state index in [0.717, 1.165) is 24.0 Å². The van der Waals surface area contributed by atoms with E-state index in [-0.39, 0.29) is 12.1 Å². The molecule has 0 saturated carbocycles. The summed E-state index contributed by atoms with van der Waals surface area (Å²) in [7, 11) is 1.86. The first-order valence-electron chi connectivity index (χ1n) is 7.99. The molecule has 1 aliphatic rings. The zero-order valence-corrected chi connectivity index (χ0v) is 14.4. The number of nitrogens with zero attached hydrogens (tertiary/aromatic N) is 4. The van der Waals surface area contributed by atoms with E-state index < -0.39 is 11.7 Å². The molecule has 0 saturated heterocycles. The predicted octanol–water partition coefficient (Wildman–Crippen LogP) is 2.90. The Bertz CT molecular complexity index is 807. The SMILES string of the molecule is Cc1cc(C)n(-c2ccc(CNC3=NCCN3C)c(C(F)(F)F)c2)n1. The zero-order valence-electron chi connectivity index (χ0n) is 14.4. The molecule has 2 heterocycles. The van der Waals surface area contributed by atoms with Gasteiger partial charge < -0.3 is 10.2 Å². The summed E-state index contributed by atoms with van der Waals surface area (Å²) in [6.45, 7) is 5.12. The van der Waals surface area contributed by atoms with E-state index in [2.05, 4.69) is 15.4 Å². The van der Waals surface area contributed by atoms with Crippen LogP contribution in [0.4, 0.5) is 13.2 Å². The number of aliphatic imine (C=N–C) groups is 1. The molecule has 0 radical (unpaired) electrons. The van der Waals surface area contributed by atoms with Gasteiger partial charge in [0.1, 0.15) is 0 Å². The second kappa shape index (κ2) is 6.42. The molecule has 1 aromatic heterocycles. The summed E-state index contributed by atoms with van der Waals surface area (Å²) in [5, 5.41) is 7.25. The number of aromatic nitrogens is 2. The summed E-state index contributed by atoms with van der Waals surface area (Å²) in [6.07, 6.45) is -4.44. The maximum Gasteiger partial charge on any atom is 0.416 e. The minimum Gasteiger partial charge on any atom is -0.352 e. The van der Waals surface area contributed by atoms with Crippen molar-refractivity contribution in [3.05, 3.63) is 46.8 Å². The molecule has 1 N–H and O–H groups in total. The number of guanidine groups is 1. The molecule has 2 aromatic rings. The van der Waals surface area contributed by atoms with Gasteiger partial charge in [-0.15, -0.1) is 0 Å². The lowest BCUT2D eigenvalue weighted by Gasteiger charge is -2.18. The van der Waals surface area contributed by atoms with Crippen molar-refractivity contribution in [1.29, 1.82) is 0 Å². The number of hydrogen-bond acceptors (Lipinski definition) is 4. The first-order chi connectivity index (χ1) is 11.8. The van der Waals surface area contributed by atoms with Gasteiger partial charge >= 0.3 is 6.18 Å². The van der Waals surface area contributed by atoms with Crippen LogP contribution in [0.5, 0.6) is 0 Å². The smallest absolute Gasteiger partial charge is 0.352 e. The molecule has 0 unspecified atom stereocenters. The summed E-state index contributed by atoms with van der Waals surface area (Å²) < 4.78 is 42.1. The second-order valence-electron chi connectivity index (χ2n) is 6.16. The highest BCUT2D eigenvalue weighted by Gasteiger charge is 2.34. The standard InChI is InChI=1S/C17H20F3N5/c1-11-8-12(2)25(23-11)14-5-4-13(15(9-14)17(18,19)20)10-22-16-21-6-7-24(16)3/h4-5,8-9H,6-7,10H2,1-3H3,(H,21,22). The van der Waals surface area contributed by atoms with Gasteiger partial charge in [0.2, 0.25) is 0 Å². The molecule has 0 spiro atoms. The van der Waals surface area contributed by atoms with Crippen LogP contribution in [0.1, 0.15) is 22.5 Å². The fraction of sp³-hybridized carbons (Fsp3) is 0.412. The van der Waals surface area contributed by atoms with Crippen LogP contribution in [0, 0.1) is 13.8 Å². The molecule has 25 heavy (non-hydrogen) atoms. The highest BCUT2D eigenvalue weighted by molar-refractivity contribution is 5.81. The molecule has 134 valence electrons. The van der Waals surface area contributed by atoms with Gasteiger partial charge in [-0.05, 0) is 37.6 Å². The van der Waals surface area contributed by atoms with Crippen molar-refractivity contribution >= 4 is 5.96 Å². The van der Waals surface area contributed by atoms with E-state index in [9.17, 15) is 13.2 Å². The maximum absolute atomic E-state index is 13.5. The van der Waals surface area contributed by atoms with E-state index in [1.165, 1.54) is 10.7 Å². The van der Waals surface area contributed by atoms with Crippen LogP contribution in [-0.4, -0.2) is 40.8 Å². The van der Waals surface area contributed by atoms with Crippen LogP contribution < -0.4 is 5.32 Å². The first kappa shape index (κ1) is 17.3. The van der Waals surface area contributed by atoms with Gasteiger partial charge in [0.15, 0.2) is 5.96 Å². The lowest BCUT2D eigenvalue weighted by Crippen LogP contribution is -2.35. The Labute approximate surface area is 144 Å². The number of benzene rings is 1. The monoisotopic (exact) mass is 351 g/mol. The van der Waals surface area contributed by atoms with Crippen LogP contribution in [0.15, 0.2) is 29.3 Å². The lowest BCUT2D eigenvalue weighted by molar-refractivity contribution is -0.138. The molecule has 0 amide bonds. The Balaban J connectivity index is 1.92. The van der Waals surface area contributed by atoms with Crippen molar-refractivity contribution in [3.8, 4) is 5.69 Å². The highest BCUT2D eigenvalue weighted by Crippen LogP contribution is 2.33. The molecule has 8 heteroatoms. The third-order valence-corrected chi connectivity index (χ3v) is 4.15. The second-order valence-corrected chi connectivity index (χ2v) is 6.16. The van der Waals surface area contributed by atoms with E-state index in [0.29, 0.717) is 18.2 Å². The van der Waals surface area contributed by atoms with Crippen molar-refractivity contribution in [2.24, 2.45) is 4.99 Å². The van der Waals surface area contributed by atoms with E-state index >= 15 is 0 Å². The number of hydrogen-bond donors (Lipinski definition) is 1.